The van der Waals surface area contributed by atoms with Crippen LogP contribution in [0, 0.1) is 11.3 Å². The summed E-state index contributed by atoms with van der Waals surface area (Å²) in [5.74, 6) is 0.878. The lowest BCUT2D eigenvalue weighted by molar-refractivity contribution is 0.312. The molecule has 0 fully saturated rings. The first-order valence-corrected chi connectivity index (χ1v) is 8.50. The van der Waals surface area contributed by atoms with Crippen LogP contribution in [-0.4, -0.2) is 12.6 Å². The van der Waals surface area contributed by atoms with Crippen LogP contribution in [0.15, 0.2) is 41.8 Å². The Morgan fingerprint density at radius 3 is 3.00 bits per heavy atom. The van der Waals surface area contributed by atoms with Gasteiger partial charge >= 0.3 is 0 Å². The summed E-state index contributed by atoms with van der Waals surface area (Å²) >= 11 is 1.81. The Hall–Kier alpha value is -1.83. The van der Waals surface area contributed by atoms with E-state index in [-0.39, 0.29) is 0 Å². The summed E-state index contributed by atoms with van der Waals surface area (Å²) in [4.78, 5) is 1.41. The fourth-order valence-corrected chi connectivity index (χ4v) is 3.02. The van der Waals surface area contributed by atoms with Crippen molar-refractivity contribution in [2.45, 2.75) is 38.8 Å². The van der Waals surface area contributed by atoms with Crippen LogP contribution in [0.4, 0.5) is 0 Å². The Balaban J connectivity index is 1.76. The second-order valence-electron chi connectivity index (χ2n) is 5.32. The molecular weight excluding hydrogens is 292 g/mol. The largest absolute Gasteiger partial charge is 0.494 e. The summed E-state index contributed by atoms with van der Waals surface area (Å²) in [7, 11) is 0. The van der Waals surface area contributed by atoms with Crippen LogP contribution in [0.5, 0.6) is 5.75 Å². The first-order valence-electron chi connectivity index (χ1n) is 7.62. The lowest BCUT2D eigenvalue weighted by Crippen LogP contribution is -2.27. The maximum Gasteiger partial charge on any atom is 0.119 e. The number of thiophene rings is 1. The van der Waals surface area contributed by atoms with Crippen molar-refractivity contribution in [3.05, 3.63) is 52.2 Å². The quantitative estimate of drug-likeness (QED) is 0.707. The highest BCUT2D eigenvalue weighted by Gasteiger charge is 2.04. The standard InChI is InChI=1S/C18H22N2OS/c1-15(12-18-8-5-11-22-18)20-14-16-6-4-7-17(13-16)21-10-3-2-9-19/h4-8,11,13,15,20H,2-3,10,12,14H2,1H3. The van der Waals surface area contributed by atoms with Crippen LogP contribution >= 0.6 is 11.3 Å². The summed E-state index contributed by atoms with van der Waals surface area (Å²) in [6, 6.07) is 15.0. The fraction of sp³-hybridized carbons (Fsp3) is 0.389. The van der Waals surface area contributed by atoms with Crippen molar-refractivity contribution in [3.63, 3.8) is 0 Å². The number of unbranched alkanes of at least 4 members (excludes halogenated alkanes) is 1. The highest BCUT2D eigenvalue weighted by Crippen LogP contribution is 2.15. The lowest BCUT2D eigenvalue weighted by Gasteiger charge is -2.13. The van der Waals surface area contributed by atoms with Crippen molar-refractivity contribution in [2.24, 2.45) is 0 Å². The molecule has 0 bridgehead atoms. The van der Waals surface area contributed by atoms with E-state index in [0.29, 0.717) is 19.1 Å². The van der Waals surface area contributed by atoms with E-state index in [1.54, 1.807) is 11.3 Å². The molecule has 1 aromatic carbocycles. The predicted octanol–water partition coefficient (Wildman–Crippen LogP) is 4.15. The second kappa shape index (κ2) is 9.24. The number of ether oxygens (including phenoxy) is 1. The highest BCUT2D eigenvalue weighted by atomic mass is 32.1. The third kappa shape index (κ3) is 5.88. The van der Waals surface area contributed by atoms with Gasteiger partial charge in [-0.15, -0.1) is 11.3 Å². The summed E-state index contributed by atoms with van der Waals surface area (Å²) in [6.45, 7) is 3.64. The summed E-state index contributed by atoms with van der Waals surface area (Å²) in [5.41, 5.74) is 1.22. The van der Waals surface area contributed by atoms with Gasteiger partial charge in [-0.25, -0.2) is 0 Å². The number of hydrogen-bond donors (Lipinski definition) is 1. The van der Waals surface area contributed by atoms with E-state index >= 15 is 0 Å². The van der Waals surface area contributed by atoms with E-state index in [2.05, 4.69) is 48.0 Å². The zero-order valence-corrected chi connectivity index (χ0v) is 13.7. The Kier molecular flexibility index (Phi) is 6.95. The zero-order valence-electron chi connectivity index (χ0n) is 12.9. The van der Waals surface area contributed by atoms with Gasteiger partial charge in [-0.1, -0.05) is 18.2 Å². The number of benzene rings is 1. The molecule has 1 unspecified atom stereocenters. The normalized spacial score (nSPS) is 11.8. The minimum absolute atomic E-state index is 0.443. The van der Waals surface area contributed by atoms with Gasteiger partial charge in [0, 0.05) is 23.9 Å². The van der Waals surface area contributed by atoms with Crippen molar-refractivity contribution < 1.29 is 4.74 Å². The smallest absolute Gasteiger partial charge is 0.119 e. The van der Waals surface area contributed by atoms with E-state index < -0.39 is 0 Å². The van der Waals surface area contributed by atoms with Crippen LogP contribution in [0.1, 0.15) is 30.2 Å². The molecule has 1 aromatic heterocycles. The Labute approximate surface area is 136 Å². The van der Waals surface area contributed by atoms with Gasteiger partial charge < -0.3 is 10.1 Å². The molecule has 2 rings (SSSR count). The SMILES string of the molecule is CC(Cc1cccs1)NCc1cccc(OCCCC#N)c1. The Morgan fingerprint density at radius 2 is 2.23 bits per heavy atom. The predicted molar refractivity (Wildman–Crippen MR) is 91.1 cm³/mol. The van der Waals surface area contributed by atoms with Crippen molar-refractivity contribution in [1.29, 1.82) is 5.26 Å². The zero-order chi connectivity index (χ0) is 15.6. The Morgan fingerprint density at radius 1 is 1.32 bits per heavy atom. The highest BCUT2D eigenvalue weighted by molar-refractivity contribution is 7.09. The van der Waals surface area contributed by atoms with Gasteiger partial charge in [0.05, 0.1) is 12.7 Å². The summed E-state index contributed by atoms with van der Waals surface area (Å²) in [6.07, 6.45) is 2.38. The molecule has 116 valence electrons. The van der Waals surface area contributed by atoms with Crippen LogP contribution in [0.3, 0.4) is 0 Å². The molecule has 1 atom stereocenters. The number of rotatable bonds is 9. The molecular formula is C18H22N2OS. The molecule has 0 amide bonds. The number of hydrogen-bond acceptors (Lipinski definition) is 4. The second-order valence-corrected chi connectivity index (χ2v) is 6.36. The molecule has 1 N–H and O–H groups in total. The summed E-state index contributed by atoms with van der Waals surface area (Å²) in [5, 5.41) is 14.2. The molecule has 2 aromatic rings. The van der Waals surface area contributed by atoms with Crippen molar-refractivity contribution in [2.75, 3.05) is 6.61 Å². The molecule has 22 heavy (non-hydrogen) atoms. The third-order valence-corrected chi connectivity index (χ3v) is 4.24. The van der Waals surface area contributed by atoms with Gasteiger partial charge in [0.25, 0.3) is 0 Å². The van der Waals surface area contributed by atoms with E-state index in [1.807, 2.05) is 12.1 Å². The van der Waals surface area contributed by atoms with E-state index in [1.165, 1.54) is 10.4 Å². The van der Waals surface area contributed by atoms with Gasteiger partial charge in [0.2, 0.25) is 0 Å². The van der Waals surface area contributed by atoms with Crippen LogP contribution in [0.2, 0.25) is 0 Å². The molecule has 0 aliphatic rings. The lowest BCUT2D eigenvalue weighted by atomic mass is 10.1. The van der Waals surface area contributed by atoms with Crippen LogP contribution < -0.4 is 10.1 Å². The van der Waals surface area contributed by atoms with Gasteiger partial charge in [-0.3, -0.25) is 0 Å². The molecule has 0 radical (unpaired) electrons. The maximum atomic E-state index is 8.51. The fourth-order valence-electron chi connectivity index (χ4n) is 2.18. The van der Waals surface area contributed by atoms with Gasteiger partial charge in [0.1, 0.15) is 5.75 Å². The molecule has 4 heteroatoms. The molecule has 0 saturated carbocycles. The molecule has 3 nitrogen and oxygen atoms in total. The average molecular weight is 314 g/mol. The topological polar surface area (TPSA) is 45.0 Å². The molecule has 1 heterocycles. The minimum Gasteiger partial charge on any atom is -0.494 e. The average Bonchev–Trinajstić information content (AvgIpc) is 3.03. The number of nitriles is 1. The first-order chi connectivity index (χ1) is 10.8. The summed E-state index contributed by atoms with van der Waals surface area (Å²) < 4.78 is 5.66. The maximum absolute atomic E-state index is 8.51. The molecule has 0 spiro atoms. The van der Waals surface area contributed by atoms with Gasteiger partial charge in [-0.2, -0.15) is 5.26 Å². The molecule has 0 aliphatic carbocycles. The van der Waals surface area contributed by atoms with Gasteiger partial charge in [-0.05, 0) is 48.9 Å². The van der Waals surface area contributed by atoms with E-state index in [0.717, 1.165) is 25.1 Å². The van der Waals surface area contributed by atoms with Gasteiger partial charge in [0.15, 0.2) is 0 Å². The van der Waals surface area contributed by atoms with Crippen LogP contribution in [-0.2, 0) is 13.0 Å². The van der Waals surface area contributed by atoms with E-state index in [9.17, 15) is 0 Å². The third-order valence-electron chi connectivity index (χ3n) is 3.34. The number of nitrogens with zero attached hydrogens (tertiary/aromatic N) is 1. The Bertz CT molecular complexity index is 589. The number of nitrogens with one attached hydrogen (secondary N) is 1. The minimum atomic E-state index is 0.443. The molecule has 0 saturated heterocycles. The van der Waals surface area contributed by atoms with Crippen molar-refractivity contribution in [3.8, 4) is 11.8 Å². The molecule has 0 aliphatic heterocycles. The van der Waals surface area contributed by atoms with Crippen molar-refractivity contribution in [1.82, 2.24) is 5.32 Å². The first kappa shape index (κ1) is 16.5. The monoisotopic (exact) mass is 314 g/mol. The van der Waals surface area contributed by atoms with E-state index in [4.69, 9.17) is 10.00 Å². The van der Waals surface area contributed by atoms with Crippen molar-refractivity contribution >= 4 is 11.3 Å². The van der Waals surface area contributed by atoms with Crippen LogP contribution in [0.25, 0.3) is 0 Å².